The summed E-state index contributed by atoms with van der Waals surface area (Å²) in [5.74, 6) is -0.247. The van der Waals surface area contributed by atoms with Gasteiger partial charge in [0.1, 0.15) is 0 Å². The first-order valence-corrected chi connectivity index (χ1v) is 13.1. The number of hydrogen-bond donors (Lipinski definition) is 0. The molecule has 2 aromatic carbocycles. The van der Waals surface area contributed by atoms with Crippen molar-refractivity contribution in [1.82, 2.24) is 9.21 Å². The van der Waals surface area contributed by atoms with Crippen LogP contribution in [0.1, 0.15) is 32.5 Å². The number of carbonyl (C=O) groups is 2. The zero-order valence-corrected chi connectivity index (χ0v) is 20.5. The number of thiophene rings is 1. The van der Waals surface area contributed by atoms with Crippen LogP contribution >= 0.6 is 27.3 Å². The molecule has 1 aliphatic heterocycles. The van der Waals surface area contributed by atoms with Crippen LogP contribution in [0.3, 0.4) is 0 Å². The molecule has 1 unspecified atom stereocenters. The summed E-state index contributed by atoms with van der Waals surface area (Å²) >= 11 is 4.67. The fraction of sp³-hybridized carbons (Fsp3) is 0.217. The van der Waals surface area contributed by atoms with Gasteiger partial charge in [-0.2, -0.15) is 4.31 Å². The highest BCUT2D eigenvalue weighted by Gasteiger charge is 2.35. The topological polar surface area (TPSA) is 74.8 Å². The monoisotopic (exact) mass is 532 g/mol. The van der Waals surface area contributed by atoms with Crippen LogP contribution < -0.4 is 0 Å². The van der Waals surface area contributed by atoms with E-state index in [4.69, 9.17) is 0 Å². The summed E-state index contributed by atoms with van der Waals surface area (Å²) in [5, 5.41) is 1.83. The largest absolute Gasteiger partial charge is 0.336 e. The first-order valence-electron chi connectivity index (χ1n) is 10.0. The molecule has 1 aromatic heterocycles. The summed E-state index contributed by atoms with van der Waals surface area (Å²) in [5.41, 5.74) is 1.03. The molecular formula is C23H21BrN2O4S2. The molecule has 0 saturated carbocycles. The van der Waals surface area contributed by atoms with Gasteiger partial charge in [-0.1, -0.05) is 18.2 Å². The summed E-state index contributed by atoms with van der Waals surface area (Å²) in [4.78, 5) is 27.7. The molecule has 9 heteroatoms. The van der Waals surface area contributed by atoms with E-state index in [0.29, 0.717) is 29.1 Å². The van der Waals surface area contributed by atoms with Crippen molar-refractivity contribution < 1.29 is 18.0 Å². The molecule has 1 fully saturated rings. The van der Waals surface area contributed by atoms with Crippen LogP contribution in [0.2, 0.25) is 0 Å². The lowest BCUT2D eigenvalue weighted by Gasteiger charge is -2.39. The predicted molar refractivity (Wildman–Crippen MR) is 128 cm³/mol. The lowest BCUT2D eigenvalue weighted by Crippen LogP contribution is -2.55. The van der Waals surface area contributed by atoms with E-state index in [2.05, 4.69) is 15.9 Å². The van der Waals surface area contributed by atoms with Gasteiger partial charge < -0.3 is 4.90 Å². The van der Waals surface area contributed by atoms with Crippen molar-refractivity contribution >= 4 is 49.0 Å². The third-order valence-corrected chi connectivity index (χ3v) is 9.11. The van der Waals surface area contributed by atoms with Crippen molar-refractivity contribution in [3.63, 3.8) is 0 Å². The maximum atomic E-state index is 13.2. The van der Waals surface area contributed by atoms with Crippen molar-refractivity contribution in [2.75, 3.05) is 19.6 Å². The summed E-state index contributed by atoms with van der Waals surface area (Å²) in [6, 6.07) is 16.4. The van der Waals surface area contributed by atoms with Crippen molar-refractivity contribution in [3.05, 3.63) is 86.5 Å². The number of rotatable bonds is 5. The van der Waals surface area contributed by atoms with Gasteiger partial charge >= 0.3 is 0 Å². The van der Waals surface area contributed by atoms with Gasteiger partial charge in [0.15, 0.2) is 0 Å². The SMILES string of the molecule is CC1CN(C(=O)c2ccccc2)CCN1S(=O)(=O)c1ccc(C(=O)c2cc(Br)cs2)cc1. The summed E-state index contributed by atoms with van der Waals surface area (Å²) in [6.07, 6.45) is 0. The molecule has 1 aliphatic rings. The molecule has 0 N–H and O–H groups in total. The Bertz CT molecular complexity index is 1240. The number of sulfonamides is 1. The number of amides is 1. The molecule has 1 saturated heterocycles. The Labute approximate surface area is 199 Å². The van der Waals surface area contributed by atoms with E-state index in [1.54, 1.807) is 42.2 Å². The van der Waals surface area contributed by atoms with Crippen molar-refractivity contribution in [2.45, 2.75) is 17.9 Å². The van der Waals surface area contributed by atoms with E-state index >= 15 is 0 Å². The van der Waals surface area contributed by atoms with E-state index in [0.717, 1.165) is 4.47 Å². The average Bonchev–Trinajstić information content (AvgIpc) is 3.24. The molecule has 166 valence electrons. The number of piperazine rings is 1. The van der Waals surface area contributed by atoms with Gasteiger partial charge in [-0.15, -0.1) is 11.3 Å². The van der Waals surface area contributed by atoms with Gasteiger partial charge in [0.05, 0.1) is 9.77 Å². The van der Waals surface area contributed by atoms with Crippen molar-refractivity contribution in [2.24, 2.45) is 0 Å². The first kappa shape index (κ1) is 22.8. The van der Waals surface area contributed by atoms with E-state index in [9.17, 15) is 18.0 Å². The Morgan fingerprint density at radius 2 is 1.69 bits per heavy atom. The molecule has 6 nitrogen and oxygen atoms in total. The molecule has 0 radical (unpaired) electrons. The minimum Gasteiger partial charge on any atom is -0.336 e. The highest BCUT2D eigenvalue weighted by atomic mass is 79.9. The van der Waals surface area contributed by atoms with Gasteiger partial charge in [-0.05, 0) is 65.3 Å². The van der Waals surface area contributed by atoms with Gasteiger partial charge in [-0.25, -0.2) is 8.42 Å². The number of ketones is 1. The Balaban J connectivity index is 1.48. The van der Waals surface area contributed by atoms with Crippen LogP contribution in [0, 0.1) is 0 Å². The maximum Gasteiger partial charge on any atom is 0.253 e. The minimum absolute atomic E-state index is 0.0995. The molecule has 0 aliphatic carbocycles. The fourth-order valence-corrected chi connectivity index (χ4v) is 6.74. The van der Waals surface area contributed by atoms with E-state index in [-0.39, 0.29) is 29.2 Å². The molecule has 0 bridgehead atoms. The first-order chi connectivity index (χ1) is 15.3. The quantitative estimate of drug-likeness (QED) is 0.459. The predicted octanol–water partition coefficient (Wildman–Crippen LogP) is 4.28. The number of hydrogen-bond acceptors (Lipinski definition) is 5. The minimum atomic E-state index is -3.75. The van der Waals surface area contributed by atoms with Gasteiger partial charge in [0.2, 0.25) is 15.8 Å². The third-order valence-electron chi connectivity index (χ3n) is 5.39. The standard InChI is InChI=1S/C23H21BrN2O4S2/c1-16-14-25(23(28)18-5-3-2-4-6-18)11-12-26(16)32(29,30)20-9-7-17(8-10-20)22(27)21-13-19(24)15-31-21/h2-10,13,15-16H,11-12,14H2,1H3. The summed E-state index contributed by atoms with van der Waals surface area (Å²) in [6.45, 7) is 2.65. The zero-order valence-electron chi connectivity index (χ0n) is 17.3. The molecule has 4 rings (SSSR count). The average molecular weight is 533 g/mol. The van der Waals surface area contributed by atoms with E-state index < -0.39 is 10.0 Å². The molecular weight excluding hydrogens is 512 g/mol. The Morgan fingerprint density at radius 1 is 1.00 bits per heavy atom. The third kappa shape index (κ3) is 4.56. The highest BCUT2D eigenvalue weighted by molar-refractivity contribution is 9.10. The second-order valence-electron chi connectivity index (χ2n) is 7.56. The normalized spacial score (nSPS) is 17.3. The maximum absolute atomic E-state index is 13.2. The molecule has 32 heavy (non-hydrogen) atoms. The second-order valence-corrected chi connectivity index (χ2v) is 11.3. The number of halogens is 1. The number of nitrogens with zero attached hydrogens (tertiary/aromatic N) is 2. The molecule has 0 spiro atoms. The molecule has 1 amide bonds. The van der Waals surface area contributed by atoms with Gasteiger partial charge in [0, 0.05) is 46.7 Å². The summed E-state index contributed by atoms with van der Waals surface area (Å²) < 4.78 is 28.7. The van der Waals surface area contributed by atoms with Crippen LogP contribution in [0.25, 0.3) is 0 Å². The molecule has 1 atom stereocenters. The molecule has 3 aromatic rings. The highest BCUT2D eigenvalue weighted by Crippen LogP contribution is 2.25. The van der Waals surface area contributed by atoms with Gasteiger partial charge in [-0.3, -0.25) is 9.59 Å². The lowest BCUT2D eigenvalue weighted by molar-refractivity contribution is 0.0642. The fourth-order valence-electron chi connectivity index (χ4n) is 3.73. The Hall–Kier alpha value is -2.33. The second kappa shape index (κ2) is 9.27. The van der Waals surface area contributed by atoms with E-state index in [1.807, 2.05) is 23.6 Å². The van der Waals surface area contributed by atoms with Crippen molar-refractivity contribution in [1.29, 1.82) is 0 Å². The smallest absolute Gasteiger partial charge is 0.253 e. The van der Waals surface area contributed by atoms with E-state index in [1.165, 1.54) is 27.8 Å². The lowest BCUT2D eigenvalue weighted by atomic mass is 10.1. The van der Waals surface area contributed by atoms with Crippen molar-refractivity contribution in [3.8, 4) is 0 Å². The van der Waals surface area contributed by atoms with Crippen LogP contribution in [-0.4, -0.2) is 55.0 Å². The Morgan fingerprint density at radius 3 is 2.28 bits per heavy atom. The van der Waals surface area contributed by atoms with Gasteiger partial charge in [0.25, 0.3) is 5.91 Å². The zero-order chi connectivity index (χ0) is 22.9. The van der Waals surface area contributed by atoms with Crippen LogP contribution in [0.15, 0.2) is 75.4 Å². The molecule has 2 heterocycles. The number of carbonyl (C=O) groups excluding carboxylic acids is 2. The number of benzene rings is 2. The van der Waals surface area contributed by atoms with Crippen LogP contribution in [0.4, 0.5) is 0 Å². The summed E-state index contributed by atoms with van der Waals surface area (Å²) in [7, 11) is -3.75. The van der Waals surface area contributed by atoms with Crippen LogP contribution in [-0.2, 0) is 10.0 Å². The van der Waals surface area contributed by atoms with Crippen LogP contribution in [0.5, 0.6) is 0 Å². The Kier molecular flexibility index (Phi) is 6.62.